The minimum Gasteiger partial charge on any atom is -0.319 e. The minimum atomic E-state index is 0.166. The number of hydrogen-bond acceptors (Lipinski definition) is 2. The summed E-state index contributed by atoms with van der Waals surface area (Å²) in [5, 5.41) is 3.18. The molecular formula is C17H28N2. The molecule has 2 heteroatoms. The van der Waals surface area contributed by atoms with Crippen LogP contribution < -0.4 is 5.32 Å². The van der Waals surface area contributed by atoms with E-state index in [1.807, 2.05) is 13.1 Å². The highest BCUT2D eigenvalue weighted by atomic mass is 15.2. The lowest BCUT2D eigenvalue weighted by molar-refractivity contribution is 0.145. The average molecular weight is 260 g/mol. The van der Waals surface area contributed by atoms with E-state index in [2.05, 4.69) is 61.8 Å². The minimum absolute atomic E-state index is 0.166. The standard InChI is InChI=1S/C17H28N2/c1-6-13-19(17(2,3)4)14-16-9-7-15(8-10-16)11-12-18-5/h6-10,18H,1,11-14H2,2-5H3. The van der Waals surface area contributed by atoms with E-state index in [4.69, 9.17) is 0 Å². The van der Waals surface area contributed by atoms with Gasteiger partial charge in [-0.1, -0.05) is 30.3 Å². The van der Waals surface area contributed by atoms with Gasteiger partial charge in [0.15, 0.2) is 0 Å². The summed E-state index contributed by atoms with van der Waals surface area (Å²) in [6.07, 6.45) is 3.07. The third-order valence-electron chi connectivity index (χ3n) is 3.36. The van der Waals surface area contributed by atoms with Crippen LogP contribution in [0.5, 0.6) is 0 Å². The Morgan fingerprint density at radius 2 is 1.74 bits per heavy atom. The van der Waals surface area contributed by atoms with Crippen molar-refractivity contribution in [3.05, 3.63) is 48.0 Å². The van der Waals surface area contributed by atoms with E-state index in [9.17, 15) is 0 Å². The Bertz CT molecular complexity index is 373. The fourth-order valence-electron chi connectivity index (χ4n) is 2.03. The second-order valence-electron chi connectivity index (χ2n) is 6.01. The van der Waals surface area contributed by atoms with Gasteiger partial charge >= 0.3 is 0 Å². The van der Waals surface area contributed by atoms with Crippen molar-refractivity contribution < 1.29 is 0 Å². The molecule has 0 aliphatic carbocycles. The lowest BCUT2D eigenvalue weighted by Crippen LogP contribution is -2.40. The van der Waals surface area contributed by atoms with Crippen LogP contribution in [-0.4, -0.2) is 30.6 Å². The third-order valence-corrected chi connectivity index (χ3v) is 3.36. The normalized spacial score (nSPS) is 11.8. The van der Waals surface area contributed by atoms with Crippen molar-refractivity contribution in [2.24, 2.45) is 0 Å². The molecule has 0 atom stereocenters. The Morgan fingerprint density at radius 1 is 1.16 bits per heavy atom. The molecule has 2 nitrogen and oxygen atoms in total. The summed E-state index contributed by atoms with van der Waals surface area (Å²) in [4.78, 5) is 2.43. The Kier molecular flexibility index (Phi) is 6.26. The maximum Gasteiger partial charge on any atom is 0.0242 e. The first-order valence-electron chi connectivity index (χ1n) is 7.05. The van der Waals surface area contributed by atoms with Crippen LogP contribution in [0.2, 0.25) is 0 Å². The summed E-state index contributed by atoms with van der Waals surface area (Å²) < 4.78 is 0. The number of benzene rings is 1. The summed E-state index contributed by atoms with van der Waals surface area (Å²) in [5.41, 5.74) is 2.92. The fraction of sp³-hybridized carbons (Fsp3) is 0.529. The Morgan fingerprint density at radius 3 is 2.21 bits per heavy atom. The van der Waals surface area contributed by atoms with Crippen LogP contribution >= 0.6 is 0 Å². The van der Waals surface area contributed by atoms with Crippen molar-refractivity contribution in [1.29, 1.82) is 0 Å². The number of hydrogen-bond donors (Lipinski definition) is 1. The van der Waals surface area contributed by atoms with Crippen molar-refractivity contribution in [2.75, 3.05) is 20.1 Å². The van der Waals surface area contributed by atoms with Crippen LogP contribution in [0.3, 0.4) is 0 Å². The molecule has 0 unspecified atom stereocenters. The Labute approximate surface area is 118 Å². The molecule has 0 aromatic heterocycles. The zero-order valence-corrected chi connectivity index (χ0v) is 12.9. The maximum absolute atomic E-state index is 3.85. The second-order valence-corrected chi connectivity index (χ2v) is 6.01. The van der Waals surface area contributed by atoms with Crippen LogP contribution in [0.25, 0.3) is 0 Å². The molecule has 1 aromatic rings. The van der Waals surface area contributed by atoms with Crippen molar-refractivity contribution in [3.8, 4) is 0 Å². The van der Waals surface area contributed by atoms with Gasteiger partial charge in [0.05, 0.1) is 0 Å². The molecule has 106 valence electrons. The van der Waals surface area contributed by atoms with Crippen LogP contribution in [0.15, 0.2) is 36.9 Å². The van der Waals surface area contributed by atoms with Crippen LogP contribution in [0.4, 0.5) is 0 Å². The second kappa shape index (κ2) is 7.46. The predicted molar refractivity (Wildman–Crippen MR) is 84.4 cm³/mol. The van der Waals surface area contributed by atoms with Gasteiger partial charge in [-0.2, -0.15) is 0 Å². The molecule has 1 N–H and O–H groups in total. The molecule has 0 fully saturated rings. The summed E-state index contributed by atoms with van der Waals surface area (Å²) in [6, 6.07) is 8.96. The molecule has 0 heterocycles. The molecule has 0 bridgehead atoms. The average Bonchev–Trinajstić information content (AvgIpc) is 2.36. The van der Waals surface area contributed by atoms with Gasteiger partial charge in [0.2, 0.25) is 0 Å². The van der Waals surface area contributed by atoms with E-state index in [1.54, 1.807) is 0 Å². The molecule has 1 aromatic carbocycles. The van der Waals surface area contributed by atoms with Crippen LogP contribution in [0.1, 0.15) is 31.9 Å². The quantitative estimate of drug-likeness (QED) is 0.757. The molecule has 1 rings (SSSR count). The molecule has 0 amide bonds. The molecular weight excluding hydrogens is 232 g/mol. The Balaban J connectivity index is 2.67. The van der Waals surface area contributed by atoms with E-state index in [0.29, 0.717) is 0 Å². The molecule has 0 spiro atoms. The highest BCUT2D eigenvalue weighted by Crippen LogP contribution is 2.17. The number of nitrogens with zero attached hydrogens (tertiary/aromatic N) is 1. The first kappa shape index (κ1) is 15.9. The topological polar surface area (TPSA) is 15.3 Å². The van der Waals surface area contributed by atoms with Gasteiger partial charge in [-0.3, -0.25) is 4.90 Å². The van der Waals surface area contributed by atoms with Crippen LogP contribution in [0, 0.1) is 0 Å². The van der Waals surface area contributed by atoms with E-state index < -0.39 is 0 Å². The zero-order valence-electron chi connectivity index (χ0n) is 12.9. The molecule has 19 heavy (non-hydrogen) atoms. The highest BCUT2D eigenvalue weighted by molar-refractivity contribution is 5.23. The molecule has 0 aliphatic heterocycles. The Hall–Kier alpha value is -1.12. The van der Waals surface area contributed by atoms with Crippen molar-refractivity contribution >= 4 is 0 Å². The smallest absolute Gasteiger partial charge is 0.0242 e. The van der Waals surface area contributed by atoms with Gasteiger partial charge < -0.3 is 5.32 Å². The molecule has 0 saturated heterocycles. The first-order chi connectivity index (χ1) is 8.97. The van der Waals surface area contributed by atoms with Crippen molar-refractivity contribution in [1.82, 2.24) is 10.2 Å². The van der Waals surface area contributed by atoms with Gasteiger partial charge in [-0.05, 0) is 51.9 Å². The predicted octanol–water partition coefficient (Wildman–Crippen LogP) is 3.24. The van der Waals surface area contributed by atoms with Crippen molar-refractivity contribution in [3.63, 3.8) is 0 Å². The molecule has 0 saturated carbocycles. The SMILES string of the molecule is C=CCN(Cc1ccc(CCNC)cc1)C(C)(C)C. The van der Waals surface area contributed by atoms with E-state index in [-0.39, 0.29) is 5.54 Å². The van der Waals surface area contributed by atoms with Gasteiger partial charge in [-0.25, -0.2) is 0 Å². The van der Waals surface area contributed by atoms with Crippen molar-refractivity contribution in [2.45, 2.75) is 39.3 Å². The van der Waals surface area contributed by atoms with E-state index >= 15 is 0 Å². The fourth-order valence-corrected chi connectivity index (χ4v) is 2.03. The molecule has 0 radical (unpaired) electrons. The number of nitrogens with one attached hydrogen (secondary N) is 1. The summed E-state index contributed by atoms with van der Waals surface area (Å²) >= 11 is 0. The first-order valence-corrected chi connectivity index (χ1v) is 7.05. The lowest BCUT2D eigenvalue weighted by atomic mass is 10.0. The third kappa shape index (κ3) is 5.58. The van der Waals surface area contributed by atoms with Gasteiger partial charge in [-0.15, -0.1) is 6.58 Å². The zero-order chi connectivity index (χ0) is 14.3. The van der Waals surface area contributed by atoms with Crippen LogP contribution in [-0.2, 0) is 13.0 Å². The maximum atomic E-state index is 3.85. The van der Waals surface area contributed by atoms with Gasteiger partial charge in [0, 0.05) is 18.6 Å². The van der Waals surface area contributed by atoms with Gasteiger partial charge in [0.25, 0.3) is 0 Å². The summed E-state index contributed by atoms with van der Waals surface area (Å²) in [7, 11) is 1.99. The number of likely N-dealkylation sites (N-methyl/N-ethyl adjacent to an activating group) is 1. The van der Waals surface area contributed by atoms with E-state index in [0.717, 1.165) is 26.1 Å². The summed E-state index contributed by atoms with van der Waals surface area (Å²) in [6.45, 7) is 13.5. The lowest BCUT2D eigenvalue weighted by Gasteiger charge is -2.34. The largest absolute Gasteiger partial charge is 0.319 e. The highest BCUT2D eigenvalue weighted by Gasteiger charge is 2.19. The molecule has 0 aliphatic rings. The van der Waals surface area contributed by atoms with Gasteiger partial charge in [0.1, 0.15) is 0 Å². The monoisotopic (exact) mass is 260 g/mol. The van der Waals surface area contributed by atoms with E-state index in [1.165, 1.54) is 11.1 Å². The summed E-state index contributed by atoms with van der Waals surface area (Å²) in [5.74, 6) is 0. The number of rotatable bonds is 7.